The Balaban J connectivity index is 3.04. The zero-order valence-electron chi connectivity index (χ0n) is 8.00. The molecule has 0 aliphatic heterocycles. The highest BCUT2D eigenvalue weighted by molar-refractivity contribution is 9.10. The Morgan fingerprint density at radius 3 is 2.71 bits per heavy atom. The number of benzene rings is 1. The number of phenolic OH excluding ortho intramolecular Hbond substituents is 1. The van der Waals surface area contributed by atoms with Gasteiger partial charge >= 0.3 is 0 Å². The highest BCUT2D eigenvalue weighted by Crippen LogP contribution is 2.32. The second-order valence-electron chi connectivity index (χ2n) is 3.21. The summed E-state index contributed by atoms with van der Waals surface area (Å²) in [7, 11) is 0. The summed E-state index contributed by atoms with van der Waals surface area (Å²) >= 11 is 3.26. The minimum absolute atomic E-state index is 0.186. The van der Waals surface area contributed by atoms with Gasteiger partial charge in [-0.3, -0.25) is 0 Å². The van der Waals surface area contributed by atoms with Gasteiger partial charge in [0.15, 0.2) is 0 Å². The van der Waals surface area contributed by atoms with Gasteiger partial charge in [0.1, 0.15) is 5.75 Å². The molecular weight excluding hydrogens is 246 g/mol. The molecule has 0 aliphatic carbocycles. The van der Waals surface area contributed by atoms with Gasteiger partial charge in [-0.05, 0) is 53.0 Å². The maximum absolute atomic E-state index is 9.73. The number of aromatic hydroxyl groups is 1. The number of hydrogen-bond acceptors (Lipinski definition) is 3. The van der Waals surface area contributed by atoms with E-state index in [9.17, 15) is 10.2 Å². The summed E-state index contributed by atoms with van der Waals surface area (Å²) in [4.78, 5) is 0. The molecule has 3 nitrogen and oxygen atoms in total. The number of nitrogens with two attached hydrogens (primary N) is 1. The van der Waals surface area contributed by atoms with Crippen LogP contribution < -0.4 is 5.73 Å². The van der Waals surface area contributed by atoms with Crippen molar-refractivity contribution < 1.29 is 10.2 Å². The molecule has 0 spiro atoms. The van der Waals surface area contributed by atoms with Gasteiger partial charge < -0.3 is 15.9 Å². The molecule has 4 N–H and O–H groups in total. The Kier molecular flexibility index (Phi) is 3.92. The van der Waals surface area contributed by atoms with Crippen molar-refractivity contribution in [1.82, 2.24) is 0 Å². The quantitative estimate of drug-likeness (QED) is 0.776. The Labute approximate surface area is 91.7 Å². The number of halogens is 1. The predicted molar refractivity (Wildman–Crippen MR) is 59.2 cm³/mol. The fraction of sp³-hybridized carbons (Fsp3) is 0.400. The highest BCUT2D eigenvalue weighted by atomic mass is 79.9. The molecule has 0 heterocycles. The molecular formula is C10H14BrNO2. The van der Waals surface area contributed by atoms with Crippen molar-refractivity contribution in [2.45, 2.75) is 19.4 Å². The maximum Gasteiger partial charge on any atom is 0.130 e. The first-order valence-electron chi connectivity index (χ1n) is 4.44. The lowest BCUT2D eigenvalue weighted by Crippen LogP contribution is -2.08. The molecule has 4 heteroatoms. The third-order valence-electron chi connectivity index (χ3n) is 2.21. The number of rotatable bonds is 3. The molecule has 0 saturated carbocycles. The molecule has 0 amide bonds. The molecule has 78 valence electrons. The number of aliphatic hydroxyl groups is 1. The fourth-order valence-corrected chi connectivity index (χ4v) is 1.72. The zero-order valence-corrected chi connectivity index (χ0v) is 9.58. The van der Waals surface area contributed by atoms with Crippen molar-refractivity contribution in [3.05, 3.63) is 27.7 Å². The lowest BCUT2D eigenvalue weighted by Gasteiger charge is -2.14. The lowest BCUT2D eigenvalue weighted by atomic mass is 10.0. The van der Waals surface area contributed by atoms with Gasteiger partial charge in [0.05, 0.1) is 10.6 Å². The van der Waals surface area contributed by atoms with Crippen LogP contribution in [0.15, 0.2) is 16.6 Å². The lowest BCUT2D eigenvalue weighted by molar-refractivity contribution is 0.169. The standard InChI is InChI=1S/C10H14BrNO2/c1-6-7(8(13)4-5-12)2-3-9(14)10(6)11/h2-3,8,13-14H,4-5,12H2,1H3. The normalized spacial score (nSPS) is 12.9. The van der Waals surface area contributed by atoms with Gasteiger partial charge in [0.2, 0.25) is 0 Å². The SMILES string of the molecule is Cc1c(C(O)CCN)ccc(O)c1Br. The van der Waals surface area contributed by atoms with Gasteiger partial charge in [-0.25, -0.2) is 0 Å². The summed E-state index contributed by atoms with van der Waals surface area (Å²) in [6, 6.07) is 3.28. The molecule has 0 aromatic heterocycles. The van der Waals surface area contributed by atoms with Crippen LogP contribution in [0.25, 0.3) is 0 Å². The van der Waals surface area contributed by atoms with Gasteiger partial charge in [-0.1, -0.05) is 6.07 Å². The van der Waals surface area contributed by atoms with Crippen molar-refractivity contribution in [1.29, 1.82) is 0 Å². The molecule has 14 heavy (non-hydrogen) atoms. The summed E-state index contributed by atoms with van der Waals surface area (Å²) in [5.41, 5.74) is 7.02. The Hall–Kier alpha value is -0.580. The Bertz CT molecular complexity index is 328. The molecule has 0 fully saturated rings. The molecule has 1 aromatic carbocycles. The summed E-state index contributed by atoms with van der Waals surface area (Å²) in [6.07, 6.45) is -0.0326. The topological polar surface area (TPSA) is 66.5 Å². The first kappa shape index (κ1) is 11.5. The predicted octanol–water partition coefficient (Wildman–Crippen LogP) is 1.85. The Morgan fingerprint density at radius 1 is 1.50 bits per heavy atom. The van der Waals surface area contributed by atoms with E-state index in [4.69, 9.17) is 5.73 Å². The minimum Gasteiger partial charge on any atom is -0.507 e. The monoisotopic (exact) mass is 259 g/mol. The van der Waals surface area contributed by atoms with Crippen LogP contribution in [0, 0.1) is 6.92 Å². The molecule has 0 aliphatic rings. The smallest absolute Gasteiger partial charge is 0.130 e. The van der Waals surface area contributed by atoms with Gasteiger partial charge in [0, 0.05) is 0 Å². The van der Waals surface area contributed by atoms with E-state index in [0.29, 0.717) is 17.4 Å². The third kappa shape index (κ3) is 2.26. The van der Waals surface area contributed by atoms with E-state index in [0.717, 1.165) is 11.1 Å². The van der Waals surface area contributed by atoms with Crippen molar-refractivity contribution in [3.63, 3.8) is 0 Å². The highest BCUT2D eigenvalue weighted by Gasteiger charge is 2.13. The van der Waals surface area contributed by atoms with E-state index >= 15 is 0 Å². The number of aliphatic hydroxyl groups excluding tert-OH is 1. The largest absolute Gasteiger partial charge is 0.507 e. The van der Waals surface area contributed by atoms with Crippen molar-refractivity contribution in [3.8, 4) is 5.75 Å². The van der Waals surface area contributed by atoms with Crippen LogP contribution in [0.5, 0.6) is 5.75 Å². The van der Waals surface area contributed by atoms with E-state index < -0.39 is 6.10 Å². The second kappa shape index (κ2) is 4.77. The summed E-state index contributed by atoms with van der Waals surface area (Å²) in [6.45, 7) is 2.29. The molecule has 1 aromatic rings. The summed E-state index contributed by atoms with van der Waals surface area (Å²) in [5.74, 6) is 0.186. The summed E-state index contributed by atoms with van der Waals surface area (Å²) < 4.78 is 0.631. The first-order chi connectivity index (χ1) is 6.57. The molecule has 0 bridgehead atoms. The number of phenols is 1. The van der Waals surface area contributed by atoms with Crippen LogP contribution in [0.4, 0.5) is 0 Å². The zero-order chi connectivity index (χ0) is 10.7. The van der Waals surface area contributed by atoms with E-state index in [-0.39, 0.29) is 5.75 Å². The molecule has 0 saturated heterocycles. The van der Waals surface area contributed by atoms with Crippen molar-refractivity contribution in [2.24, 2.45) is 5.73 Å². The van der Waals surface area contributed by atoms with Crippen LogP contribution in [-0.4, -0.2) is 16.8 Å². The van der Waals surface area contributed by atoms with E-state index in [2.05, 4.69) is 15.9 Å². The van der Waals surface area contributed by atoms with Gasteiger partial charge in [-0.15, -0.1) is 0 Å². The van der Waals surface area contributed by atoms with E-state index in [1.54, 1.807) is 12.1 Å². The summed E-state index contributed by atoms with van der Waals surface area (Å²) in [5, 5.41) is 19.1. The molecule has 1 rings (SSSR count). The minimum atomic E-state index is -0.558. The van der Waals surface area contributed by atoms with Crippen molar-refractivity contribution in [2.75, 3.05) is 6.54 Å². The fourth-order valence-electron chi connectivity index (χ4n) is 1.36. The average Bonchev–Trinajstić information content (AvgIpc) is 2.15. The van der Waals surface area contributed by atoms with Crippen molar-refractivity contribution >= 4 is 15.9 Å². The number of hydrogen-bond donors (Lipinski definition) is 3. The molecule has 1 atom stereocenters. The average molecular weight is 260 g/mol. The van der Waals surface area contributed by atoms with E-state index in [1.807, 2.05) is 6.92 Å². The molecule has 1 unspecified atom stereocenters. The van der Waals surface area contributed by atoms with E-state index in [1.165, 1.54) is 0 Å². The van der Waals surface area contributed by atoms with Crippen LogP contribution >= 0.6 is 15.9 Å². The first-order valence-corrected chi connectivity index (χ1v) is 5.23. The van der Waals surface area contributed by atoms with Crippen LogP contribution in [0.2, 0.25) is 0 Å². The van der Waals surface area contributed by atoms with Crippen LogP contribution in [0.1, 0.15) is 23.7 Å². The molecule has 0 radical (unpaired) electrons. The Morgan fingerprint density at radius 2 is 2.14 bits per heavy atom. The third-order valence-corrected chi connectivity index (χ3v) is 3.21. The van der Waals surface area contributed by atoms with Gasteiger partial charge in [0.25, 0.3) is 0 Å². The van der Waals surface area contributed by atoms with Crippen LogP contribution in [-0.2, 0) is 0 Å². The maximum atomic E-state index is 9.73. The van der Waals surface area contributed by atoms with Crippen LogP contribution in [0.3, 0.4) is 0 Å². The van der Waals surface area contributed by atoms with Gasteiger partial charge in [-0.2, -0.15) is 0 Å². The second-order valence-corrected chi connectivity index (χ2v) is 4.00.